The van der Waals surface area contributed by atoms with Crippen molar-refractivity contribution in [2.75, 3.05) is 23.7 Å². The zero-order valence-corrected chi connectivity index (χ0v) is 19.6. The zero-order valence-electron chi connectivity index (χ0n) is 19.6. The Bertz CT molecular complexity index is 1270. The number of nitrogens with two attached hydrogens (primary N) is 1. The lowest BCUT2D eigenvalue weighted by molar-refractivity contribution is 0.0950. The van der Waals surface area contributed by atoms with Crippen LogP contribution in [-0.2, 0) is 0 Å². The van der Waals surface area contributed by atoms with Crippen molar-refractivity contribution >= 4 is 23.6 Å². The second-order valence-corrected chi connectivity index (χ2v) is 7.82. The standard InChI is InChI=1S/C24H27N9O2/c1-3-14-32(15-4-2)19-12-10-17(11-13-19)16-26-28-24(34)20-21(18-8-6-5-7-9-18)33(31-27-20)23-22(25)29-35-30-23/h5-13,16H,3-4,14-15H2,1-2H3,(H2,25,29)(H,28,34)/b26-16-. The molecule has 0 fully saturated rings. The maximum absolute atomic E-state index is 12.9. The first-order valence-electron chi connectivity index (χ1n) is 11.4. The Morgan fingerprint density at radius 2 is 1.80 bits per heavy atom. The fourth-order valence-electron chi connectivity index (χ4n) is 3.68. The Balaban J connectivity index is 1.53. The number of benzene rings is 2. The summed E-state index contributed by atoms with van der Waals surface area (Å²) in [5, 5.41) is 19.5. The van der Waals surface area contributed by atoms with Crippen molar-refractivity contribution in [1.82, 2.24) is 30.7 Å². The van der Waals surface area contributed by atoms with Crippen LogP contribution in [0.5, 0.6) is 0 Å². The van der Waals surface area contributed by atoms with E-state index in [9.17, 15) is 4.79 Å². The van der Waals surface area contributed by atoms with Gasteiger partial charge in [-0.15, -0.1) is 5.10 Å². The number of aromatic nitrogens is 5. The molecule has 0 atom stereocenters. The van der Waals surface area contributed by atoms with Gasteiger partial charge in [0.15, 0.2) is 5.69 Å². The molecule has 0 bridgehead atoms. The van der Waals surface area contributed by atoms with Crippen molar-refractivity contribution in [3.05, 3.63) is 65.9 Å². The molecule has 180 valence electrons. The second-order valence-electron chi connectivity index (χ2n) is 7.82. The van der Waals surface area contributed by atoms with Crippen molar-refractivity contribution in [2.24, 2.45) is 5.10 Å². The highest BCUT2D eigenvalue weighted by Crippen LogP contribution is 2.26. The van der Waals surface area contributed by atoms with Crippen LogP contribution in [0.25, 0.3) is 17.1 Å². The summed E-state index contributed by atoms with van der Waals surface area (Å²) in [5.74, 6) is -0.369. The van der Waals surface area contributed by atoms with E-state index in [4.69, 9.17) is 5.73 Å². The number of anilines is 2. The Morgan fingerprint density at radius 1 is 1.09 bits per heavy atom. The lowest BCUT2D eigenvalue weighted by Gasteiger charge is -2.23. The van der Waals surface area contributed by atoms with Crippen LogP contribution in [0.4, 0.5) is 11.5 Å². The number of nitrogens with zero attached hydrogens (tertiary/aromatic N) is 7. The normalized spacial score (nSPS) is 11.1. The maximum Gasteiger partial charge on any atom is 0.294 e. The average molecular weight is 474 g/mol. The van der Waals surface area contributed by atoms with Crippen LogP contribution < -0.4 is 16.1 Å². The molecule has 0 unspecified atom stereocenters. The smallest absolute Gasteiger partial charge is 0.294 e. The van der Waals surface area contributed by atoms with Crippen LogP contribution in [0.15, 0.2) is 64.3 Å². The van der Waals surface area contributed by atoms with Crippen LogP contribution in [-0.4, -0.2) is 50.5 Å². The van der Waals surface area contributed by atoms with Crippen molar-refractivity contribution in [3.8, 4) is 17.1 Å². The molecule has 4 aromatic rings. The van der Waals surface area contributed by atoms with Gasteiger partial charge in [0.25, 0.3) is 5.91 Å². The third-order valence-corrected chi connectivity index (χ3v) is 5.25. The van der Waals surface area contributed by atoms with Crippen LogP contribution in [0.1, 0.15) is 42.7 Å². The van der Waals surface area contributed by atoms with Crippen LogP contribution in [0, 0.1) is 0 Å². The Labute approximate surface area is 202 Å². The fourth-order valence-corrected chi connectivity index (χ4v) is 3.68. The van der Waals surface area contributed by atoms with Gasteiger partial charge in [0.2, 0.25) is 11.6 Å². The number of nitrogen functional groups attached to an aromatic ring is 1. The van der Waals surface area contributed by atoms with Gasteiger partial charge in [-0.1, -0.05) is 61.5 Å². The summed E-state index contributed by atoms with van der Waals surface area (Å²) in [6.45, 7) is 6.37. The first-order chi connectivity index (χ1) is 17.1. The van der Waals surface area contributed by atoms with E-state index in [-0.39, 0.29) is 17.3 Å². The minimum atomic E-state index is -0.532. The molecular weight excluding hydrogens is 446 g/mol. The summed E-state index contributed by atoms with van der Waals surface area (Å²) in [7, 11) is 0. The van der Waals surface area contributed by atoms with Crippen molar-refractivity contribution in [2.45, 2.75) is 26.7 Å². The number of hydrazone groups is 1. The molecule has 0 aliphatic heterocycles. The van der Waals surface area contributed by atoms with E-state index < -0.39 is 5.91 Å². The predicted molar refractivity (Wildman–Crippen MR) is 133 cm³/mol. The lowest BCUT2D eigenvalue weighted by Crippen LogP contribution is -2.24. The molecule has 3 N–H and O–H groups in total. The molecule has 2 heterocycles. The summed E-state index contributed by atoms with van der Waals surface area (Å²) in [6.07, 6.45) is 3.76. The van der Waals surface area contributed by atoms with E-state index in [1.54, 1.807) is 6.21 Å². The number of nitrogens with one attached hydrogen (secondary N) is 1. The van der Waals surface area contributed by atoms with Gasteiger partial charge in [-0.05, 0) is 40.9 Å². The van der Waals surface area contributed by atoms with Crippen molar-refractivity contribution < 1.29 is 9.42 Å². The van der Waals surface area contributed by atoms with Gasteiger partial charge in [0.1, 0.15) is 5.69 Å². The highest BCUT2D eigenvalue weighted by molar-refractivity contribution is 5.98. The molecule has 11 heteroatoms. The highest BCUT2D eigenvalue weighted by atomic mass is 16.6. The molecule has 0 aliphatic rings. The largest absolute Gasteiger partial charge is 0.378 e. The van der Waals surface area contributed by atoms with Crippen molar-refractivity contribution in [1.29, 1.82) is 0 Å². The molecule has 0 radical (unpaired) electrons. The van der Waals surface area contributed by atoms with E-state index in [1.165, 1.54) is 10.4 Å². The highest BCUT2D eigenvalue weighted by Gasteiger charge is 2.25. The van der Waals surface area contributed by atoms with E-state index >= 15 is 0 Å². The minimum absolute atomic E-state index is 0.0250. The van der Waals surface area contributed by atoms with E-state index in [1.807, 2.05) is 42.5 Å². The number of amides is 1. The molecule has 2 aromatic heterocycles. The third kappa shape index (κ3) is 5.35. The number of rotatable bonds is 10. The molecule has 11 nitrogen and oxygen atoms in total. The third-order valence-electron chi connectivity index (χ3n) is 5.25. The number of hydrogen-bond donors (Lipinski definition) is 2. The fraction of sp³-hybridized carbons (Fsp3) is 0.250. The second kappa shape index (κ2) is 11.1. The molecule has 0 aliphatic carbocycles. The number of carbonyl (C=O) groups is 1. The first-order valence-corrected chi connectivity index (χ1v) is 11.4. The van der Waals surface area contributed by atoms with Gasteiger partial charge in [-0.25, -0.2) is 10.1 Å². The van der Waals surface area contributed by atoms with Crippen molar-refractivity contribution in [3.63, 3.8) is 0 Å². The molecule has 2 aromatic carbocycles. The Morgan fingerprint density at radius 3 is 2.43 bits per heavy atom. The van der Waals surface area contributed by atoms with Gasteiger partial charge < -0.3 is 10.6 Å². The van der Waals surface area contributed by atoms with E-state index in [0.29, 0.717) is 11.3 Å². The zero-order chi connectivity index (χ0) is 24.6. The number of hydrogen-bond acceptors (Lipinski definition) is 9. The topological polar surface area (TPSA) is 140 Å². The Hall–Kier alpha value is -4.54. The monoisotopic (exact) mass is 473 g/mol. The van der Waals surface area contributed by atoms with Gasteiger partial charge in [-0.3, -0.25) is 4.79 Å². The summed E-state index contributed by atoms with van der Waals surface area (Å²) >= 11 is 0. The summed E-state index contributed by atoms with van der Waals surface area (Å²) in [5.41, 5.74) is 11.5. The lowest BCUT2D eigenvalue weighted by atomic mass is 10.1. The van der Waals surface area contributed by atoms with Crippen LogP contribution in [0.2, 0.25) is 0 Å². The van der Waals surface area contributed by atoms with Gasteiger partial charge in [-0.2, -0.15) is 9.78 Å². The predicted octanol–water partition coefficient (Wildman–Crippen LogP) is 3.29. The van der Waals surface area contributed by atoms with E-state index in [2.05, 4.69) is 66.7 Å². The molecule has 0 saturated carbocycles. The quantitative estimate of drug-likeness (QED) is 0.264. The summed E-state index contributed by atoms with van der Waals surface area (Å²) in [6, 6.07) is 17.2. The van der Waals surface area contributed by atoms with E-state index in [0.717, 1.165) is 31.5 Å². The van der Waals surface area contributed by atoms with Gasteiger partial charge >= 0.3 is 0 Å². The molecule has 4 rings (SSSR count). The Kier molecular flexibility index (Phi) is 7.46. The molecule has 35 heavy (non-hydrogen) atoms. The molecule has 1 amide bonds. The van der Waals surface area contributed by atoms with Gasteiger partial charge in [0, 0.05) is 24.3 Å². The first kappa shape index (κ1) is 23.6. The molecular formula is C24H27N9O2. The minimum Gasteiger partial charge on any atom is -0.378 e. The number of carbonyl (C=O) groups excluding carboxylic acids is 1. The van der Waals surface area contributed by atoms with Gasteiger partial charge in [0.05, 0.1) is 6.21 Å². The molecule has 0 spiro atoms. The van der Waals surface area contributed by atoms with Crippen LogP contribution in [0.3, 0.4) is 0 Å². The van der Waals surface area contributed by atoms with Crippen LogP contribution >= 0.6 is 0 Å². The average Bonchev–Trinajstić information content (AvgIpc) is 3.51. The summed E-state index contributed by atoms with van der Waals surface area (Å²) in [4.78, 5) is 15.3. The SMILES string of the molecule is CCCN(CCC)c1ccc(/C=N\NC(=O)c2nnn(-c3nonc3N)c2-c2ccccc2)cc1. The molecule has 0 saturated heterocycles. The summed E-state index contributed by atoms with van der Waals surface area (Å²) < 4.78 is 6.00. The maximum atomic E-state index is 12.9.